The Morgan fingerprint density at radius 3 is 2.33 bits per heavy atom. The summed E-state index contributed by atoms with van der Waals surface area (Å²) in [5, 5.41) is 51.0. The summed E-state index contributed by atoms with van der Waals surface area (Å²) in [5.41, 5.74) is 1.27. The number of carbonyl (C=O) groups excluding carboxylic acids is 3. The van der Waals surface area contributed by atoms with E-state index in [1.54, 1.807) is 30.3 Å². The number of phenols is 1. The van der Waals surface area contributed by atoms with E-state index in [9.17, 15) is 44.7 Å². The number of aliphatic carboxylic acids is 1. The van der Waals surface area contributed by atoms with Gasteiger partial charge < -0.3 is 45.1 Å². The summed E-state index contributed by atoms with van der Waals surface area (Å²) in [6, 6.07) is 13.1. The number of hydrogen-bond donors (Lipinski definition) is 6. The number of aliphatic hydroxyl groups excluding tert-OH is 3. The molecule has 6 N–H and O–H groups in total. The number of nitrogens with one attached hydrogen (secondary N) is 1. The molecule has 2 aromatic carbocycles. The molecule has 13 heteroatoms. The van der Waals surface area contributed by atoms with Crippen LogP contribution >= 0.6 is 0 Å². The number of hydrogen-bond acceptors (Lipinski definition) is 11. The molecule has 13 nitrogen and oxygen atoms in total. The Hall–Kier alpha value is -4.46. The summed E-state index contributed by atoms with van der Waals surface area (Å²) in [6.07, 6.45) is -6.15. The highest BCUT2D eigenvalue weighted by Crippen LogP contribution is 2.27. The normalized spacial score (nSPS) is 14.0. The fraction of sp³-hybridized carbons (Fsp3) is 0.333. The average molecular weight is 562 g/mol. The lowest BCUT2D eigenvalue weighted by atomic mass is 10.0. The van der Waals surface area contributed by atoms with Crippen molar-refractivity contribution in [3.63, 3.8) is 0 Å². The van der Waals surface area contributed by atoms with Crippen LogP contribution in [0.25, 0.3) is 6.08 Å². The number of aryl methyl sites for hydroxylation is 1. The van der Waals surface area contributed by atoms with E-state index in [4.69, 9.17) is 14.2 Å². The molecule has 0 bridgehead atoms. The van der Waals surface area contributed by atoms with E-state index < -0.39 is 61.4 Å². The molecule has 0 radical (unpaired) electrons. The molecule has 0 heterocycles. The van der Waals surface area contributed by atoms with Crippen molar-refractivity contribution in [1.82, 2.24) is 5.32 Å². The first kappa shape index (κ1) is 31.8. The molecule has 0 aliphatic heterocycles. The summed E-state index contributed by atoms with van der Waals surface area (Å²) in [6.45, 7) is -1.78. The fourth-order valence-corrected chi connectivity index (χ4v) is 3.37. The zero-order chi connectivity index (χ0) is 29.7. The predicted molar refractivity (Wildman–Crippen MR) is 138 cm³/mol. The monoisotopic (exact) mass is 561 g/mol. The summed E-state index contributed by atoms with van der Waals surface area (Å²) >= 11 is 0. The van der Waals surface area contributed by atoms with Crippen molar-refractivity contribution in [3.05, 3.63) is 65.7 Å². The molecule has 40 heavy (non-hydrogen) atoms. The number of methoxy groups -OCH3 is 1. The zero-order valence-corrected chi connectivity index (χ0v) is 21.5. The second-order valence-electron chi connectivity index (χ2n) is 8.41. The van der Waals surface area contributed by atoms with Crippen LogP contribution in [0, 0.1) is 0 Å². The van der Waals surface area contributed by atoms with Crippen LogP contribution < -0.4 is 10.1 Å². The number of ether oxygens (including phenoxy) is 3. The van der Waals surface area contributed by atoms with E-state index in [-0.39, 0.29) is 24.3 Å². The number of amides is 1. The molecule has 2 aromatic rings. The van der Waals surface area contributed by atoms with Crippen molar-refractivity contribution in [1.29, 1.82) is 0 Å². The molecule has 0 fully saturated rings. The summed E-state index contributed by atoms with van der Waals surface area (Å²) in [4.78, 5) is 48.7. The van der Waals surface area contributed by atoms with Crippen LogP contribution in [-0.4, -0.2) is 94.0 Å². The third-order valence-electron chi connectivity index (χ3n) is 5.48. The highest BCUT2D eigenvalue weighted by atomic mass is 16.6. The highest BCUT2D eigenvalue weighted by molar-refractivity contribution is 5.93. The van der Waals surface area contributed by atoms with Crippen LogP contribution in [0.5, 0.6) is 11.5 Å². The highest BCUT2D eigenvalue weighted by Gasteiger charge is 2.42. The van der Waals surface area contributed by atoms with Crippen LogP contribution in [0.1, 0.15) is 17.5 Å². The first-order valence-electron chi connectivity index (χ1n) is 12.0. The zero-order valence-electron chi connectivity index (χ0n) is 21.5. The molecule has 0 saturated heterocycles. The Balaban J connectivity index is 2.05. The van der Waals surface area contributed by atoms with Crippen LogP contribution in [-0.2, 0) is 35.1 Å². The Bertz CT molecular complexity index is 1180. The lowest BCUT2D eigenvalue weighted by Gasteiger charge is -2.29. The van der Waals surface area contributed by atoms with Gasteiger partial charge in [-0.2, -0.15) is 0 Å². The largest absolute Gasteiger partial charge is 0.504 e. The van der Waals surface area contributed by atoms with Crippen LogP contribution in [0.15, 0.2) is 54.6 Å². The number of benzene rings is 2. The molecule has 4 atom stereocenters. The van der Waals surface area contributed by atoms with Crippen LogP contribution in [0.2, 0.25) is 0 Å². The van der Waals surface area contributed by atoms with Gasteiger partial charge in [0.1, 0.15) is 18.8 Å². The smallest absolute Gasteiger partial charge is 0.349 e. The summed E-state index contributed by atoms with van der Waals surface area (Å²) in [7, 11) is 1.34. The standard InChI is InChI=1S/C27H31NO12/c1-38-20-13-17(7-10-18(20)30)9-12-22(33)39-25(24(35)19(31)15-29)26(27(36)37)40-23(34)14-28-21(32)11-8-16-5-3-2-4-6-16/h2-8,10-11,13,19,24-26,29-31,35H,9,12,14-15H2,1H3,(H,28,32)(H,36,37)/t19-,24-,25+,26-/m1/s1. The number of carboxylic acids is 1. The SMILES string of the molecule is COc1cc(CCC(=O)O[C@@H]([C@H](O)[C@H](O)CO)[C@@H](OC(=O)CNC(=O)C=Cc2ccccc2)C(=O)O)ccc1O. The number of aliphatic hydroxyl groups is 3. The van der Waals surface area contributed by atoms with E-state index in [0.717, 1.165) is 11.6 Å². The fourth-order valence-electron chi connectivity index (χ4n) is 3.37. The van der Waals surface area contributed by atoms with Gasteiger partial charge in [-0.25, -0.2) is 4.79 Å². The maximum Gasteiger partial charge on any atom is 0.349 e. The van der Waals surface area contributed by atoms with Gasteiger partial charge in [-0.05, 0) is 35.8 Å². The summed E-state index contributed by atoms with van der Waals surface area (Å²) < 4.78 is 14.9. The van der Waals surface area contributed by atoms with Crippen molar-refractivity contribution in [3.8, 4) is 11.5 Å². The van der Waals surface area contributed by atoms with Gasteiger partial charge in [0.05, 0.1) is 13.7 Å². The van der Waals surface area contributed by atoms with E-state index in [0.29, 0.717) is 5.56 Å². The number of esters is 2. The molecule has 216 valence electrons. The molecule has 0 aliphatic carbocycles. The third kappa shape index (κ3) is 10.0. The molecular weight excluding hydrogens is 530 g/mol. The van der Waals surface area contributed by atoms with Crippen molar-refractivity contribution in [2.45, 2.75) is 37.3 Å². The predicted octanol–water partition coefficient (Wildman–Crippen LogP) is -0.215. The van der Waals surface area contributed by atoms with Gasteiger partial charge in [0.25, 0.3) is 0 Å². The lowest BCUT2D eigenvalue weighted by molar-refractivity contribution is -0.194. The van der Waals surface area contributed by atoms with Crippen LogP contribution in [0.3, 0.4) is 0 Å². The van der Waals surface area contributed by atoms with Crippen LogP contribution in [0.4, 0.5) is 0 Å². The number of aromatic hydroxyl groups is 1. The topological polar surface area (TPSA) is 209 Å². The minimum absolute atomic E-state index is 0.0564. The van der Waals surface area contributed by atoms with Gasteiger partial charge in [-0.3, -0.25) is 14.4 Å². The minimum atomic E-state index is -2.29. The van der Waals surface area contributed by atoms with E-state index >= 15 is 0 Å². The third-order valence-corrected chi connectivity index (χ3v) is 5.48. The number of phenolic OH excluding ortho intramolecular Hbond substituents is 1. The van der Waals surface area contributed by atoms with E-state index in [2.05, 4.69) is 5.32 Å². The van der Waals surface area contributed by atoms with Gasteiger partial charge in [-0.15, -0.1) is 0 Å². The Kier molecular flexibility index (Phi) is 12.6. The van der Waals surface area contributed by atoms with Crippen molar-refractivity contribution in [2.75, 3.05) is 20.3 Å². The molecular formula is C27H31NO12. The lowest BCUT2D eigenvalue weighted by Crippen LogP contribution is -2.53. The summed E-state index contributed by atoms with van der Waals surface area (Å²) in [5.74, 6) is -4.74. The Morgan fingerprint density at radius 1 is 1.00 bits per heavy atom. The molecule has 1 amide bonds. The minimum Gasteiger partial charge on any atom is -0.504 e. The van der Waals surface area contributed by atoms with E-state index in [1.807, 2.05) is 0 Å². The maximum atomic E-state index is 12.5. The van der Waals surface area contributed by atoms with Crippen molar-refractivity contribution >= 4 is 29.9 Å². The number of carboxylic acid groups (broad SMARTS) is 1. The maximum absolute atomic E-state index is 12.5. The van der Waals surface area contributed by atoms with Gasteiger partial charge in [0.2, 0.25) is 12.0 Å². The molecule has 2 rings (SSSR count). The van der Waals surface area contributed by atoms with Gasteiger partial charge >= 0.3 is 17.9 Å². The Labute approximate surface area is 229 Å². The molecule has 0 saturated carbocycles. The molecule has 0 aromatic heterocycles. The second-order valence-corrected chi connectivity index (χ2v) is 8.41. The molecule has 0 unspecified atom stereocenters. The van der Waals surface area contributed by atoms with Gasteiger partial charge in [0, 0.05) is 12.5 Å². The Morgan fingerprint density at radius 2 is 1.70 bits per heavy atom. The quantitative estimate of drug-likeness (QED) is 0.123. The first-order chi connectivity index (χ1) is 19.0. The number of carbonyl (C=O) groups is 4. The van der Waals surface area contributed by atoms with Gasteiger partial charge in [-0.1, -0.05) is 36.4 Å². The van der Waals surface area contributed by atoms with Crippen molar-refractivity contribution < 1.29 is 58.9 Å². The average Bonchev–Trinajstić information content (AvgIpc) is 2.95. The molecule has 0 spiro atoms. The van der Waals surface area contributed by atoms with Gasteiger partial charge in [0.15, 0.2) is 17.6 Å². The second kappa shape index (κ2) is 15.8. The van der Waals surface area contributed by atoms with Crippen molar-refractivity contribution in [2.24, 2.45) is 0 Å². The number of rotatable bonds is 15. The first-order valence-corrected chi connectivity index (χ1v) is 12.0. The molecule has 0 aliphatic rings. The van der Waals surface area contributed by atoms with E-state index in [1.165, 1.54) is 31.4 Å².